The SMILES string of the molecule is CC(=O)CC(Cl)(Cl)Cl.ClC(Cl)Cl.ClC(Cl)Cl.ClC(Cl)Cl. The molecule has 0 saturated heterocycles. The van der Waals surface area contributed by atoms with Crippen molar-refractivity contribution in [2.75, 3.05) is 0 Å². The molecule has 0 aromatic heterocycles. The van der Waals surface area contributed by atoms with Gasteiger partial charge in [-0.1, -0.05) is 139 Å². The number of carbonyl (C=O) groups is 1. The Balaban J connectivity index is -0.0000000917. The van der Waals surface area contributed by atoms with Gasteiger partial charge in [0, 0.05) is 0 Å². The van der Waals surface area contributed by atoms with Gasteiger partial charge in [-0.2, -0.15) is 0 Å². The molecule has 0 heterocycles. The van der Waals surface area contributed by atoms with E-state index in [1.165, 1.54) is 6.92 Å². The third kappa shape index (κ3) is 129. The van der Waals surface area contributed by atoms with Crippen molar-refractivity contribution in [3.8, 4) is 0 Å². The maximum atomic E-state index is 10.2. The number of hydrogen-bond acceptors (Lipinski definition) is 1. The van der Waals surface area contributed by atoms with Gasteiger partial charge in [0.05, 0.1) is 6.42 Å². The van der Waals surface area contributed by atoms with Crippen LogP contribution < -0.4 is 0 Å². The summed E-state index contributed by atoms with van der Waals surface area (Å²) in [4.78, 5) is 10.2. The number of rotatable bonds is 1. The molecule has 0 spiro atoms. The molecule has 0 amide bonds. The van der Waals surface area contributed by atoms with Crippen molar-refractivity contribution in [3.63, 3.8) is 0 Å². The molecular formula is C7H8Cl12O. The highest BCUT2D eigenvalue weighted by Gasteiger charge is 2.21. The summed E-state index contributed by atoms with van der Waals surface area (Å²) in [6, 6.07) is 0. The molecule has 0 unspecified atom stereocenters. The summed E-state index contributed by atoms with van der Waals surface area (Å²) in [5.41, 5.74) is 0. The predicted molar refractivity (Wildman–Crippen MR) is 99.6 cm³/mol. The Bertz CT molecular complexity index is 178. The molecule has 0 saturated carbocycles. The Kier molecular flexibility index (Phi) is 31.3. The summed E-state index contributed by atoms with van der Waals surface area (Å²) in [6.07, 6.45) is -0.0162. The summed E-state index contributed by atoms with van der Waals surface area (Å²) in [7, 11) is 0. The maximum absolute atomic E-state index is 10.2. The van der Waals surface area contributed by atoms with Crippen LogP contribution in [0, 0.1) is 0 Å². The minimum atomic E-state index is -1.41. The Hall–Kier alpha value is 3.15. The van der Waals surface area contributed by atoms with Crippen LogP contribution in [0.1, 0.15) is 13.3 Å². The first kappa shape index (κ1) is 31.0. The van der Waals surface area contributed by atoms with Crippen LogP contribution >= 0.6 is 139 Å². The van der Waals surface area contributed by atoms with Gasteiger partial charge in [0.25, 0.3) is 0 Å². The second-order valence-corrected chi connectivity index (χ2v) is 10.7. The van der Waals surface area contributed by atoms with Crippen LogP contribution in [0.5, 0.6) is 0 Å². The molecule has 0 fully saturated rings. The van der Waals surface area contributed by atoms with Crippen molar-refractivity contribution in [1.29, 1.82) is 0 Å². The van der Waals surface area contributed by atoms with Gasteiger partial charge in [0.1, 0.15) is 5.78 Å². The molecule has 0 aliphatic heterocycles. The first-order valence-corrected chi connectivity index (χ1v) is 9.00. The van der Waals surface area contributed by atoms with E-state index in [9.17, 15) is 4.79 Å². The predicted octanol–water partition coefficient (Wildman–Crippen LogP) is 8.29. The Morgan fingerprint density at radius 1 is 0.750 bits per heavy atom. The molecule has 13 heteroatoms. The van der Waals surface area contributed by atoms with Crippen LogP contribution in [0.25, 0.3) is 0 Å². The molecule has 0 bridgehead atoms. The Morgan fingerprint density at radius 2 is 0.900 bits per heavy atom. The molecule has 1 nitrogen and oxygen atoms in total. The van der Waals surface area contributed by atoms with E-state index in [1.54, 1.807) is 0 Å². The van der Waals surface area contributed by atoms with Crippen molar-refractivity contribution in [2.24, 2.45) is 0 Å². The Morgan fingerprint density at radius 3 is 0.900 bits per heavy atom. The van der Waals surface area contributed by atoms with Crippen molar-refractivity contribution in [3.05, 3.63) is 0 Å². The number of halogens is 12. The van der Waals surface area contributed by atoms with E-state index in [4.69, 9.17) is 139 Å². The highest BCUT2D eigenvalue weighted by molar-refractivity contribution is 6.68. The van der Waals surface area contributed by atoms with Gasteiger partial charge in [-0.15, -0.1) is 0 Å². The first-order valence-electron chi connectivity index (χ1n) is 3.94. The minimum Gasteiger partial charge on any atom is -0.300 e. The second kappa shape index (κ2) is 20.2. The normalized spacial score (nSPS) is 10.0. The van der Waals surface area contributed by atoms with Crippen LogP contribution in [0.15, 0.2) is 0 Å². The quantitative estimate of drug-likeness (QED) is 0.310. The number of hydrogen-bond donors (Lipinski definition) is 0. The van der Waals surface area contributed by atoms with Crippen LogP contribution in [0.3, 0.4) is 0 Å². The zero-order valence-corrected chi connectivity index (χ0v) is 18.5. The highest BCUT2D eigenvalue weighted by Crippen LogP contribution is 2.29. The lowest BCUT2D eigenvalue weighted by Gasteiger charge is -2.05. The van der Waals surface area contributed by atoms with E-state index in [0.29, 0.717) is 0 Å². The van der Waals surface area contributed by atoms with Gasteiger partial charge in [-0.3, -0.25) is 4.79 Å². The molecule has 0 radical (unpaired) electrons. The van der Waals surface area contributed by atoms with Crippen LogP contribution in [0.2, 0.25) is 0 Å². The average molecular weight is 534 g/mol. The molecule has 0 aliphatic rings. The summed E-state index contributed by atoms with van der Waals surface area (Å²) in [6.45, 7) is 1.38. The van der Waals surface area contributed by atoms with Crippen molar-refractivity contribution < 1.29 is 4.79 Å². The van der Waals surface area contributed by atoms with Crippen molar-refractivity contribution >= 4 is 145 Å². The molecule has 0 N–H and O–H groups in total. The van der Waals surface area contributed by atoms with Crippen molar-refractivity contribution in [1.82, 2.24) is 0 Å². The van der Waals surface area contributed by atoms with Gasteiger partial charge in [0.15, 0.2) is 16.7 Å². The third-order valence-corrected chi connectivity index (χ3v) is 0.850. The van der Waals surface area contributed by atoms with Crippen LogP contribution in [-0.2, 0) is 4.79 Å². The van der Waals surface area contributed by atoms with E-state index in [2.05, 4.69) is 0 Å². The topological polar surface area (TPSA) is 17.1 Å². The molecule has 126 valence electrons. The molecule has 0 atom stereocenters. The first-order chi connectivity index (χ1) is 8.61. The van der Waals surface area contributed by atoms with Gasteiger partial charge in [-0.05, 0) is 6.92 Å². The standard InChI is InChI=1S/C4H5Cl3O.3CHCl3/c1-3(8)2-4(5,6)7;3*2-1(3)4/h2H2,1H3;3*1H. The lowest BCUT2D eigenvalue weighted by atomic mass is 10.3. The zero-order chi connectivity index (χ0) is 17.5. The number of alkyl halides is 12. The van der Waals surface area contributed by atoms with Crippen LogP contribution in [-0.4, -0.2) is 22.5 Å². The average Bonchev–Trinajstić information content (AvgIpc) is 1.92. The lowest BCUT2D eigenvalue weighted by Crippen LogP contribution is -2.07. The summed E-state index contributed by atoms with van der Waals surface area (Å²) < 4.78 is -3.66. The highest BCUT2D eigenvalue weighted by atomic mass is 35.6. The van der Waals surface area contributed by atoms with Gasteiger partial charge >= 0.3 is 0 Å². The lowest BCUT2D eigenvalue weighted by molar-refractivity contribution is -0.116. The number of Topliss-reactive ketones (excluding diaryl/α,β-unsaturated/α-hetero) is 1. The van der Waals surface area contributed by atoms with Crippen molar-refractivity contribution in [2.45, 2.75) is 30.0 Å². The van der Waals surface area contributed by atoms with E-state index in [0.717, 1.165) is 0 Å². The van der Waals surface area contributed by atoms with E-state index < -0.39 is 16.7 Å². The number of ketones is 1. The van der Waals surface area contributed by atoms with Gasteiger partial charge < -0.3 is 0 Å². The smallest absolute Gasteiger partial charge is 0.197 e. The molecule has 0 aliphatic carbocycles. The fourth-order valence-corrected chi connectivity index (χ4v) is 0.847. The zero-order valence-electron chi connectivity index (χ0n) is 9.38. The summed E-state index contributed by atoms with van der Waals surface area (Å²) in [5, 5.41) is 0. The van der Waals surface area contributed by atoms with E-state index in [1.807, 2.05) is 0 Å². The maximum Gasteiger partial charge on any atom is 0.197 e. The summed E-state index contributed by atoms with van der Waals surface area (Å²) in [5.74, 6) is -0.120. The van der Waals surface area contributed by atoms with Gasteiger partial charge in [-0.25, -0.2) is 0 Å². The minimum absolute atomic E-state index is 0.0162. The van der Waals surface area contributed by atoms with Crippen LogP contribution in [0.4, 0.5) is 0 Å². The molecule has 20 heavy (non-hydrogen) atoms. The molecule has 0 aromatic rings. The van der Waals surface area contributed by atoms with E-state index in [-0.39, 0.29) is 12.2 Å². The van der Waals surface area contributed by atoms with Gasteiger partial charge in [0.2, 0.25) is 0 Å². The third-order valence-electron chi connectivity index (χ3n) is 0.449. The molecule has 0 aromatic carbocycles. The largest absolute Gasteiger partial charge is 0.300 e. The summed E-state index contributed by atoms with van der Waals surface area (Å²) >= 11 is 59.0. The Labute approximate surface area is 178 Å². The second-order valence-electron chi connectivity index (χ2n) is 2.24. The molecular weight excluding hydrogens is 526 g/mol. The van der Waals surface area contributed by atoms with E-state index >= 15 is 0 Å². The monoisotopic (exact) mass is 528 g/mol. The fourth-order valence-electron chi connectivity index (χ4n) is 0.282. The number of carbonyl (C=O) groups excluding carboxylic acids is 1. The fraction of sp³-hybridized carbons (Fsp3) is 0.857. The molecule has 0 rings (SSSR count).